The number of amides is 2. The SMILES string of the molecule is Cc1ccc(Cl)cc1N(CC(=O)N(Cc1ccc(Cl)cc1Cl)C(C)C(=O)NCC(C)C)S(=O)(=O)c1ccccc1. The molecule has 3 aromatic carbocycles. The van der Waals surface area contributed by atoms with Crippen LogP contribution in [0.1, 0.15) is 31.9 Å². The summed E-state index contributed by atoms with van der Waals surface area (Å²) in [6, 6.07) is 16.6. The van der Waals surface area contributed by atoms with Gasteiger partial charge in [0.05, 0.1) is 10.6 Å². The largest absolute Gasteiger partial charge is 0.354 e. The van der Waals surface area contributed by atoms with E-state index in [2.05, 4.69) is 5.32 Å². The molecule has 2 amide bonds. The highest BCUT2D eigenvalue weighted by Crippen LogP contribution is 2.30. The van der Waals surface area contributed by atoms with E-state index in [-0.39, 0.29) is 29.0 Å². The first-order chi connectivity index (χ1) is 18.8. The quantitative estimate of drug-likeness (QED) is 0.270. The van der Waals surface area contributed by atoms with Crippen molar-refractivity contribution in [3.63, 3.8) is 0 Å². The molecule has 3 aromatic rings. The van der Waals surface area contributed by atoms with Gasteiger partial charge in [-0.05, 0) is 67.3 Å². The van der Waals surface area contributed by atoms with E-state index in [0.29, 0.717) is 32.7 Å². The monoisotopic (exact) mass is 623 g/mol. The molecule has 0 saturated heterocycles. The molecule has 7 nitrogen and oxygen atoms in total. The van der Waals surface area contributed by atoms with Crippen LogP contribution in [0.25, 0.3) is 0 Å². The van der Waals surface area contributed by atoms with Gasteiger partial charge in [0, 0.05) is 28.2 Å². The van der Waals surface area contributed by atoms with Gasteiger partial charge in [-0.15, -0.1) is 0 Å². The zero-order valence-electron chi connectivity index (χ0n) is 22.7. The second-order valence-electron chi connectivity index (χ2n) is 9.83. The number of aryl methyl sites for hydroxylation is 1. The number of rotatable bonds is 11. The fraction of sp³-hybridized carbons (Fsp3) is 0.310. The summed E-state index contributed by atoms with van der Waals surface area (Å²) in [6.45, 7) is 7.05. The van der Waals surface area contributed by atoms with Crippen molar-refractivity contribution in [2.24, 2.45) is 5.92 Å². The summed E-state index contributed by atoms with van der Waals surface area (Å²) in [7, 11) is -4.19. The smallest absolute Gasteiger partial charge is 0.264 e. The number of sulfonamides is 1. The van der Waals surface area contributed by atoms with Gasteiger partial charge in [-0.2, -0.15) is 0 Å². The third-order valence-electron chi connectivity index (χ3n) is 6.26. The highest BCUT2D eigenvalue weighted by atomic mass is 35.5. The second-order valence-corrected chi connectivity index (χ2v) is 13.0. The van der Waals surface area contributed by atoms with Crippen molar-refractivity contribution in [3.8, 4) is 0 Å². The highest BCUT2D eigenvalue weighted by molar-refractivity contribution is 7.92. The van der Waals surface area contributed by atoms with Gasteiger partial charge in [0.2, 0.25) is 11.8 Å². The number of carbonyl (C=O) groups excluding carboxylic acids is 2. The molecule has 0 aliphatic carbocycles. The molecule has 0 aliphatic heterocycles. The van der Waals surface area contributed by atoms with Crippen LogP contribution in [-0.4, -0.2) is 44.3 Å². The zero-order valence-corrected chi connectivity index (χ0v) is 25.8. The van der Waals surface area contributed by atoms with Crippen LogP contribution in [0.2, 0.25) is 15.1 Å². The molecule has 3 rings (SSSR count). The lowest BCUT2D eigenvalue weighted by Crippen LogP contribution is -2.51. The van der Waals surface area contributed by atoms with E-state index in [1.807, 2.05) is 13.8 Å². The first kappa shape index (κ1) is 31.7. The molecule has 0 aliphatic rings. The molecule has 0 bridgehead atoms. The fourth-order valence-corrected chi connectivity index (χ4v) is 6.08. The van der Waals surface area contributed by atoms with Gasteiger partial charge in [-0.25, -0.2) is 8.42 Å². The predicted octanol–water partition coefficient (Wildman–Crippen LogP) is 6.34. The van der Waals surface area contributed by atoms with Crippen LogP contribution in [0.3, 0.4) is 0 Å². The van der Waals surface area contributed by atoms with Crippen LogP contribution < -0.4 is 9.62 Å². The molecule has 0 heterocycles. The summed E-state index contributed by atoms with van der Waals surface area (Å²) in [6.07, 6.45) is 0. The number of halogens is 3. The summed E-state index contributed by atoms with van der Waals surface area (Å²) < 4.78 is 28.8. The van der Waals surface area contributed by atoms with E-state index < -0.39 is 28.5 Å². The number of anilines is 1. The Morgan fingerprint density at radius 3 is 2.15 bits per heavy atom. The maximum absolute atomic E-state index is 14.0. The topological polar surface area (TPSA) is 86.8 Å². The molecule has 0 fully saturated rings. The standard InChI is InChI=1S/C29H32Cl3N3O4S/c1-19(2)16-33-29(37)21(4)34(17-22-11-13-23(30)14-26(22)32)28(36)18-35(27-15-24(31)12-10-20(27)3)40(38,39)25-8-6-5-7-9-25/h5-15,19,21H,16-18H2,1-4H3,(H,33,37). The number of benzene rings is 3. The number of nitrogens with zero attached hydrogens (tertiary/aromatic N) is 2. The van der Waals surface area contributed by atoms with Gasteiger partial charge in [-0.3, -0.25) is 13.9 Å². The predicted molar refractivity (Wildman–Crippen MR) is 161 cm³/mol. The lowest BCUT2D eigenvalue weighted by atomic mass is 10.1. The third kappa shape index (κ3) is 7.91. The van der Waals surface area contributed by atoms with Crippen molar-refractivity contribution in [2.75, 3.05) is 17.4 Å². The highest BCUT2D eigenvalue weighted by Gasteiger charge is 2.33. The average molecular weight is 625 g/mol. The van der Waals surface area contributed by atoms with Gasteiger partial charge < -0.3 is 10.2 Å². The summed E-state index contributed by atoms with van der Waals surface area (Å²) in [5.41, 5.74) is 1.41. The Bertz CT molecular complexity index is 1470. The molecule has 40 heavy (non-hydrogen) atoms. The van der Waals surface area contributed by atoms with Crippen molar-refractivity contribution in [1.29, 1.82) is 0 Å². The molecule has 0 radical (unpaired) electrons. The van der Waals surface area contributed by atoms with Gasteiger partial charge >= 0.3 is 0 Å². The Labute approximate surface area is 251 Å². The van der Waals surface area contributed by atoms with Crippen molar-refractivity contribution in [3.05, 3.63) is 92.9 Å². The Morgan fingerprint density at radius 1 is 0.900 bits per heavy atom. The van der Waals surface area contributed by atoms with Gasteiger partial charge in [0.25, 0.3) is 10.0 Å². The maximum Gasteiger partial charge on any atom is 0.264 e. The minimum atomic E-state index is -4.19. The minimum absolute atomic E-state index is 0.0113. The van der Waals surface area contributed by atoms with Gasteiger partial charge in [0.1, 0.15) is 12.6 Å². The van der Waals surface area contributed by atoms with Crippen molar-refractivity contribution < 1.29 is 18.0 Å². The summed E-state index contributed by atoms with van der Waals surface area (Å²) in [5, 5.41) is 3.90. The molecule has 1 atom stereocenters. The molecule has 11 heteroatoms. The summed E-state index contributed by atoms with van der Waals surface area (Å²) in [4.78, 5) is 28.4. The fourth-order valence-electron chi connectivity index (χ4n) is 3.95. The number of hydrogen-bond acceptors (Lipinski definition) is 4. The van der Waals surface area contributed by atoms with E-state index in [4.69, 9.17) is 34.8 Å². The molecule has 0 saturated carbocycles. The molecular weight excluding hydrogens is 593 g/mol. The molecule has 0 spiro atoms. The molecule has 1 unspecified atom stereocenters. The van der Waals surface area contributed by atoms with Crippen LogP contribution in [0, 0.1) is 12.8 Å². The maximum atomic E-state index is 14.0. The lowest BCUT2D eigenvalue weighted by molar-refractivity contribution is -0.139. The van der Waals surface area contributed by atoms with E-state index in [9.17, 15) is 18.0 Å². The van der Waals surface area contributed by atoms with Gasteiger partial charge in [0.15, 0.2) is 0 Å². The lowest BCUT2D eigenvalue weighted by Gasteiger charge is -2.32. The number of hydrogen-bond donors (Lipinski definition) is 1. The van der Waals surface area contributed by atoms with Crippen molar-refractivity contribution >= 4 is 62.3 Å². The number of carbonyl (C=O) groups is 2. The Hall–Kier alpha value is -2.78. The molecular formula is C29H32Cl3N3O4S. The van der Waals surface area contributed by atoms with E-state index in [1.54, 1.807) is 62.4 Å². The van der Waals surface area contributed by atoms with E-state index in [1.165, 1.54) is 23.1 Å². The Morgan fingerprint density at radius 2 is 1.52 bits per heavy atom. The van der Waals surface area contributed by atoms with Crippen LogP contribution in [0.4, 0.5) is 5.69 Å². The molecule has 1 N–H and O–H groups in total. The first-order valence-corrected chi connectivity index (χ1v) is 15.2. The van der Waals surface area contributed by atoms with Crippen LogP contribution >= 0.6 is 34.8 Å². The number of nitrogens with one attached hydrogen (secondary N) is 1. The molecule has 0 aromatic heterocycles. The average Bonchev–Trinajstić information content (AvgIpc) is 2.91. The Kier molecular flexibility index (Phi) is 10.9. The minimum Gasteiger partial charge on any atom is -0.354 e. The zero-order chi connectivity index (χ0) is 29.6. The third-order valence-corrected chi connectivity index (χ3v) is 8.85. The summed E-state index contributed by atoms with van der Waals surface area (Å²) >= 11 is 18.7. The van der Waals surface area contributed by atoms with Crippen LogP contribution in [0.15, 0.2) is 71.6 Å². The van der Waals surface area contributed by atoms with Crippen molar-refractivity contribution in [1.82, 2.24) is 10.2 Å². The van der Waals surface area contributed by atoms with E-state index >= 15 is 0 Å². The second kappa shape index (κ2) is 13.7. The van der Waals surface area contributed by atoms with Crippen molar-refractivity contribution in [2.45, 2.75) is 45.2 Å². The van der Waals surface area contributed by atoms with E-state index in [0.717, 1.165) is 4.31 Å². The van der Waals surface area contributed by atoms with Crippen LogP contribution in [-0.2, 0) is 26.2 Å². The molecule has 214 valence electrons. The normalized spacial score (nSPS) is 12.2. The first-order valence-electron chi connectivity index (χ1n) is 12.7. The Balaban J connectivity index is 2.06. The van der Waals surface area contributed by atoms with Gasteiger partial charge in [-0.1, -0.05) is 79.0 Å². The van der Waals surface area contributed by atoms with Crippen LogP contribution in [0.5, 0.6) is 0 Å². The summed E-state index contributed by atoms with van der Waals surface area (Å²) in [5.74, 6) is -0.774.